The molecule has 2 N–H and O–H groups in total. The average molecular weight is 254 g/mol. The summed E-state index contributed by atoms with van der Waals surface area (Å²) >= 11 is 0. The minimum Gasteiger partial charge on any atom is -0.384 e. The van der Waals surface area contributed by atoms with Crippen LogP contribution < -0.4 is 10.6 Å². The van der Waals surface area contributed by atoms with E-state index in [0.29, 0.717) is 6.61 Å². The number of hydrogen-bond donors (Lipinski definition) is 2. The molecular formula is C14H26N2O2. The topological polar surface area (TPSA) is 50.4 Å². The normalized spacial score (nSPS) is 22.7. The minimum absolute atomic E-state index is 0.196. The molecule has 4 nitrogen and oxygen atoms in total. The second-order valence-electron chi connectivity index (χ2n) is 5.80. The lowest BCUT2D eigenvalue weighted by Gasteiger charge is -2.35. The maximum absolute atomic E-state index is 12.4. The first-order chi connectivity index (χ1) is 8.77. The monoisotopic (exact) mass is 254 g/mol. The number of carbonyl (C=O) groups excluding carboxylic acids is 1. The number of rotatable bonds is 7. The second-order valence-corrected chi connectivity index (χ2v) is 5.80. The smallest absolute Gasteiger partial charge is 0.228 e. The third-order valence-electron chi connectivity index (χ3n) is 4.23. The van der Waals surface area contributed by atoms with Gasteiger partial charge in [0, 0.05) is 13.7 Å². The molecule has 2 fully saturated rings. The van der Waals surface area contributed by atoms with Crippen LogP contribution in [0.15, 0.2) is 0 Å². The van der Waals surface area contributed by atoms with Crippen molar-refractivity contribution in [3.8, 4) is 0 Å². The summed E-state index contributed by atoms with van der Waals surface area (Å²) in [7, 11) is 1.68. The van der Waals surface area contributed by atoms with E-state index in [-0.39, 0.29) is 11.3 Å². The van der Waals surface area contributed by atoms with Crippen LogP contribution in [0.1, 0.15) is 38.5 Å². The number of hydrogen-bond acceptors (Lipinski definition) is 3. The SMILES string of the molecule is COCC1(C(=O)NCCCC2CC2)CCNCC1. The Hall–Kier alpha value is -0.610. The summed E-state index contributed by atoms with van der Waals surface area (Å²) in [5.41, 5.74) is -0.292. The lowest BCUT2D eigenvalue weighted by molar-refractivity contribution is -0.136. The van der Waals surface area contributed by atoms with Gasteiger partial charge in [0.25, 0.3) is 0 Å². The van der Waals surface area contributed by atoms with Gasteiger partial charge in [-0.25, -0.2) is 0 Å². The second kappa shape index (κ2) is 6.53. The van der Waals surface area contributed by atoms with Gasteiger partial charge in [-0.05, 0) is 44.7 Å². The van der Waals surface area contributed by atoms with E-state index >= 15 is 0 Å². The highest BCUT2D eigenvalue weighted by molar-refractivity contribution is 5.82. The molecule has 104 valence electrons. The minimum atomic E-state index is -0.292. The first-order valence-electron chi connectivity index (χ1n) is 7.25. The van der Waals surface area contributed by atoms with E-state index < -0.39 is 0 Å². The van der Waals surface area contributed by atoms with Crippen LogP contribution in [-0.2, 0) is 9.53 Å². The lowest BCUT2D eigenvalue weighted by atomic mass is 9.78. The molecule has 1 saturated heterocycles. The van der Waals surface area contributed by atoms with Crippen LogP contribution in [0.25, 0.3) is 0 Å². The molecule has 18 heavy (non-hydrogen) atoms. The van der Waals surface area contributed by atoms with Crippen molar-refractivity contribution in [2.75, 3.05) is 33.4 Å². The Morgan fingerprint density at radius 2 is 2.11 bits per heavy atom. The van der Waals surface area contributed by atoms with Gasteiger partial charge < -0.3 is 15.4 Å². The Kier molecular flexibility index (Phi) is 5.01. The van der Waals surface area contributed by atoms with Crippen molar-refractivity contribution in [1.82, 2.24) is 10.6 Å². The Bertz CT molecular complexity index is 265. The molecule has 1 aliphatic heterocycles. The zero-order chi connectivity index (χ0) is 12.8. The summed E-state index contributed by atoms with van der Waals surface area (Å²) in [5, 5.41) is 6.42. The van der Waals surface area contributed by atoms with E-state index in [2.05, 4.69) is 10.6 Å². The summed E-state index contributed by atoms with van der Waals surface area (Å²) in [6.45, 7) is 3.20. The fraction of sp³-hybridized carbons (Fsp3) is 0.929. The van der Waals surface area contributed by atoms with Gasteiger partial charge in [-0.2, -0.15) is 0 Å². The molecule has 0 unspecified atom stereocenters. The molecule has 1 amide bonds. The predicted octanol–water partition coefficient (Wildman–Crippen LogP) is 1.31. The molecule has 1 heterocycles. The van der Waals surface area contributed by atoms with Crippen molar-refractivity contribution in [3.05, 3.63) is 0 Å². The lowest BCUT2D eigenvalue weighted by Crippen LogP contribution is -2.50. The largest absolute Gasteiger partial charge is 0.384 e. The Balaban J connectivity index is 1.74. The molecule has 2 rings (SSSR count). The van der Waals surface area contributed by atoms with Gasteiger partial charge in [0.2, 0.25) is 5.91 Å². The van der Waals surface area contributed by atoms with E-state index in [4.69, 9.17) is 4.74 Å². The summed E-state index contributed by atoms with van der Waals surface area (Å²) in [6, 6.07) is 0. The van der Waals surface area contributed by atoms with E-state index in [1.807, 2.05) is 0 Å². The van der Waals surface area contributed by atoms with Crippen molar-refractivity contribution < 1.29 is 9.53 Å². The molecule has 0 radical (unpaired) electrons. The number of carbonyl (C=O) groups is 1. The average Bonchev–Trinajstić information content (AvgIpc) is 3.20. The van der Waals surface area contributed by atoms with Crippen LogP contribution in [0.2, 0.25) is 0 Å². The molecule has 1 saturated carbocycles. The zero-order valence-corrected chi connectivity index (χ0v) is 11.5. The molecule has 0 spiro atoms. The number of ether oxygens (including phenoxy) is 1. The number of methoxy groups -OCH3 is 1. The van der Waals surface area contributed by atoms with Crippen LogP contribution in [-0.4, -0.2) is 39.3 Å². The van der Waals surface area contributed by atoms with Gasteiger partial charge in [-0.1, -0.05) is 12.8 Å². The van der Waals surface area contributed by atoms with Crippen molar-refractivity contribution in [2.45, 2.75) is 38.5 Å². The summed E-state index contributed by atoms with van der Waals surface area (Å²) in [6.07, 6.45) is 6.96. The predicted molar refractivity (Wildman–Crippen MR) is 71.4 cm³/mol. The third kappa shape index (κ3) is 3.69. The number of nitrogens with one attached hydrogen (secondary N) is 2. The van der Waals surface area contributed by atoms with E-state index in [0.717, 1.165) is 44.8 Å². The highest BCUT2D eigenvalue weighted by Crippen LogP contribution is 2.33. The van der Waals surface area contributed by atoms with Crippen LogP contribution in [0.5, 0.6) is 0 Å². The van der Waals surface area contributed by atoms with Crippen LogP contribution in [0.4, 0.5) is 0 Å². The molecule has 0 atom stereocenters. The maximum atomic E-state index is 12.4. The van der Waals surface area contributed by atoms with E-state index in [9.17, 15) is 4.79 Å². The van der Waals surface area contributed by atoms with Crippen LogP contribution in [0.3, 0.4) is 0 Å². The third-order valence-corrected chi connectivity index (χ3v) is 4.23. The molecule has 0 aromatic rings. The first kappa shape index (κ1) is 13.8. The fourth-order valence-electron chi connectivity index (χ4n) is 2.81. The quantitative estimate of drug-likeness (QED) is 0.674. The molecule has 0 aromatic carbocycles. The molecular weight excluding hydrogens is 228 g/mol. The fourth-order valence-corrected chi connectivity index (χ4v) is 2.81. The molecule has 0 bridgehead atoms. The van der Waals surface area contributed by atoms with Crippen molar-refractivity contribution in [3.63, 3.8) is 0 Å². The van der Waals surface area contributed by atoms with Crippen molar-refractivity contribution >= 4 is 5.91 Å². The van der Waals surface area contributed by atoms with E-state index in [1.54, 1.807) is 7.11 Å². The van der Waals surface area contributed by atoms with E-state index in [1.165, 1.54) is 19.3 Å². The van der Waals surface area contributed by atoms with Crippen LogP contribution in [0, 0.1) is 11.3 Å². The Morgan fingerprint density at radius 3 is 2.72 bits per heavy atom. The molecule has 4 heteroatoms. The number of piperidine rings is 1. The summed E-state index contributed by atoms with van der Waals surface area (Å²) in [4.78, 5) is 12.4. The van der Waals surface area contributed by atoms with Gasteiger partial charge in [0.15, 0.2) is 0 Å². The zero-order valence-electron chi connectivity index (χ0n) is 11.5. The number of amides is 1. The molecule has 0 aromatic heterocycles. The first-order valence-corrected chi connectivity index (χ1v) is 7.25. The highest BCUT2D eigenvalue weighted by Gasteiger charge is 2.39. The van der Waals surface area contributed by atoms with Crippen molar-refractivity contribution in [2.24, 2.45) is 11.3 Å². The van der Waals surface area contributed by atoms with Crippen LogP contribution >= 0.6 is 0 Å². The van der Waals surface area contributed by atoms with Gasteiger partial charge in [0.05, 0.1) is 12.0 Å². The Labute approximate surface area is 110 Å². The van der Waals surface area contributed by atoms with Gasteiger partial charge in [-0.15, -0.1) is 0 Å². The Morgan fingerprint density at radius 1 is 1.39 bits per heavy atom. The van der Waals surface area contributed by atoms with Gasteiger partial charge >= 0.3 is 0 Å². The molecule has 1 aliphatic carbocycles. The summed E-state index contributed by atoms with van der Waals surface area (Å²) < 4.78 is 5.27. The highest BCUT2D eigenvalue weighted by atomic mass is 16.5. The molecule has 2 aliphatic rings. The maximum Gasteiger partial charge on any atom is 0.228 e. The standard InChI is InChI=1S/C14H26N2O2/c1-18-11-14(6-9-15-10-7-14)13(17)16-8-2-3-12-4-5-12/h12,15H,2-11H2,1H3,(H,16,17). The van der Waals surface area contributed by atoms with Crippen molar-refractivity contribution in [1.29, 1.82) is 0 Å². The van der Waals surface area contributed by atoms with Gasteiger partial charge in [-0.3, -0.25) is 4.79 Å². The van der Waals surface area contributed by atoms with Gasteiger partial charge in [0.1, 0.15) is 0 Å². The summed E-state index contributed by atoms with van der Waals surface area (Å²) in [5.74, 6) is 1.15.